The molecule has 0 heterocycles. The molecule has 0 aromatic heterocycles. The number of allylic oxidation sites excluding steroid dienone is 3. The molecule has 1 aliphatic carbocycles. The van der Waals surface area contributed by atoms with Crippen LogP contribution in [0.15, 0.2) is 36.0 Å². The summed E-state index contributed by atoms with van der Waals surface area (Å²) in [4.78, 5) is 0. The lowest BCUT2D eigenvalue weighted by Crippen LogP contribution is -2.23. The van der Waals surface area contributed by atoms with E-state index in [2.05, 4.69) is 11.9 Å². The number of nitrogens with one attached hydrogen (secondary N) is 1. The van der Waals surface area contributed by atoms with Gasteiger partial charge in [-0.2, -0.15) is 5.26 Å². The van der Waals surface area contributed by atoms with Crippen LogP contribution in [-0.2, 0) is 0 Å². The van der Waals surface area contributed by atoms with Gasteiger partial charge in [0.1, 0.15) is 0 Å². The Morgan fingerprint density at radius 1 is 1.53 bits per heavy atom. The Bertz CT molecular complexity index is 292. The van der Waals surface area contributed by atoms with Gasteiger partial charge in [-0.3, -0.25) is 0 Å². The third-order valence-corrected chi connectivity index (χ3v) is 2.38. The summed E-state index contributed by atoms with van der Waals surface area (Å²) in [6.07, 6.45) is 7.42. The van der Waals surface area contributed by atoms with Crippen LogP contribution < -0.4 is 5.32 Å². The molecule has 0 saturated carbocycles. The third-order valence-electron chi connectivity index (χ3n) is 2.38. The standard InChI is InChI=1S/C11H14N2.C2H6/c1-3-10-9(5-4-8-12)6-7-11(10)13-2;1-2/h3-5,11,13H,1,6-7H2,2H3;1-2H3/b5-4+;. The Balaban J connectivity index is 0.000000921. The fourth-order valence-electron chi connectivity index (χ4n) is 1.71. The van der Waals surface area contributed by atoms with E-state index in [0.29, 0.717) is 6.04 Å². The zero-order chi connectivity index (χ0) is 11.7. The molecule has 0 aliphatic heterocycles. The molecule has 0 saturated heterocycles. The molecule has 0 amide bonds. The van der Waals surface area contributed by atoms with Crippen molar-refractivity contribution < 1.29 is 0 Å². The van der Waals surface area contributed by atoms with E-state index in [-0.39, 0.29) is 0 Å². The van der Waals surface area contributed by atoms with E-state index in [0.717, 1.165) is 12.8 Å². The smallest absolute Gasteiger partial charge is 0.0912 e. The van der Waals surface area contributed by atoms with Crippen molar-refractivity contribution in [2.75, 3.05) is 7.05 Å². The zero-order valence-electron chi connectivity index (χ0n) is 9.88. The first-order valence-electron chi connectivity index (χ1n) is 5.42. The highest BCUT2D eigenvalue weighted by molar-refractivity contribution is 5.41. The first kappa shape index (κ1) is 13.7. The molecule has 0 fully saturated rings. The molecule has 0 radical (unpaired) electrons. The Hall–Kier alpha value is -1.33. The molecule has 0 aromatic carbocycles. The van der Waals surface area contributed by atoms with Crippen LogP contribution in [0.1, 0.15) is 26.7 Å². The van der Waals surface area contributed by atoms with Crippen LogP contribution in [-0.4, -0.2) is 13.1 Å². The molecular weight excluding hydrogens is 184 g/mol. The minimum Gasteiger partial charge on any atom is -0.313 e. The van der Waals surface area contributed by atoms with Crippen molar-refractivity contribution in [3.8, 4) is 6.07 Å². The van der Waals surface area contributed by atoms with Crippen molar-refractivity contribution in [2.45, 2.75) is 32.7 Å². The molecule has 2 heteroatoms. The van der Waals surface area contributed by atoms with Crippen LogP contribution in [0.2, 0.25) is 0 Å². The van der Waals surface area contributed by atoms with Gasteiger partial charge in [0.15, 0.2) is 0 Å². The molecule has 82 valence electrons. The molecule has 0 bridgehead atoms. The van der Waals surface area contributed by atoms with E-state index in [1.165, 1.54) is 17.2 Å². The first-order valence-corrected chi connectivity index (χ1v) is 5.42. The third kappa shape index (κ3) is 3.73. The summed E-state index contributed by atoms with van der Waals surface area (Å²) in [5, 5.41) is 11.6. The van der Waals surface area contributed by atoms with Gasteiger partial charge in [-0.15, -0.1) is 0 Å². The number of likely N-dealkylation sites (N-methyl/N-ethyl adjacent to an activating group) is 1. The molecule has 2 nitrogen and oxygen atoms in total. The van der Waals surface area contributed by atoms with Gasteiger partial charge in [-0.25, -0.2) is 0 Å². The van der Waals surface area contributed by atoms with E-state index in [9.17, 15) is 0 Å². The molecule has 1 rings (SSSR count). The zero-order valence-corrected chi connectivity index (χ0v) is 9.88. The maximum Gasteiger partial charge on any atom is 0.0912 e. The second kappa shape index (κ2) is 8.02. The van der Waals surface area contributed by atoms with Gasteiger partial charge in [0.05, 0.1) is 6.07 Å². The Morgan fingerprint density at radius 3 is 2.67 bits per heavy atom. The number of hydrogen-bond acceptors (Lipinski definition) is 2. The monoisotopic (exact) mass is 204 g/mol. The van der Waals surface area contributed by atoms with Crippen molar-refractivity contribution in [3.05, 3.63) is 36.0 Å². The fraction of sp³-hybridized carbons (Fsp3) is 0.462. The lowest BCUT2D eigenvalue weighted by molar-refractivity contribution is 0.636. The van der Waals surface area contributed by atoms with E-state index in [1.54, 1.807) is 0 Å². The van der Waals surface area contributed by atoms with Crippen molar-refractivity contribution in [2.24, 2.45) is 0 Å². The number of rotatable bonds is 3. The Kier molecular flexibility index (Phi) is 7.31. The van der Waals surface area contributed by atoms with Gasteiger partial charge in [0.25, 0.3) is 0 Å². The number of nitriles is 1. The first-order chi connectivity index (χ1) is 7.33. The topological polar surface area (TPSA) is 35.8 Å². The number of nitrogens with zero attached hydrogens (tertiary/aromatic N) is 1. The predicted molar refractivity (Wildman–Crippen MR) is 65.4 cm³/mol. The average molecular weight is 204 g/mol. The van der Waals surface area contributed by atoms with Crippen molar-refractivity contribution in [3.63, 3.8) is 0 Å². The maximum atomic E-state index is 8.41. The SMILES string of the molecule is C=CC1=C(/C=C/C#N)CCC1NC.CC. The summed E-state index contributed by atoms with van der Waals surface area (Å²) in [7, 11) is 1.95. The van der Waals surface area contributed by atoms with Crippen LogP contribution in [0.4, 0.5) is 0 Å². The predicted octanol–water partition coefficient (Wildman–Crippen LogP) is 2.96. The van der Waals surface area contributed by atoms with Crippen molar-refractivity contribution >= 4 is 0 Å². The van der Waals surface area contributed by atoms with E-state index in [4.69, 9.17) is 5.26 Å². The highest BCUT2D eigenvalue weighted by Gasteiger charge is 2.19. The molecule has 1 aliphatic rings. The lowest BCUT2D eigenvalue weighted by atomic mass is 10.1. The molecule has 0 spiro atoms. The molecular formula is C13H20N2. The normalized spacial score (nSPS) is 19.7. The van der Waals surface area contributed by atoms with Crippen LogP contribution in [0.5, 0.6) is 0 Å². The van der Waals surface area contributed by atoms with E-state index >= 15 is 0 Å². The average Bonchev–Trinajstić information content (AvgIpc) is 2.70. The summed E-state index contributed by atoms with van der Waals surface area (Å²) in [6, 6.07) is 2.42. The second-order valence-corrected chi connectivity index (χ2v) is 3.03. The minimum absolute atomic E-state index is 0.413. The quantitative estimate of drug-likeness (QED) is 0.717. The molecule has 1 N–H and O–H groups in total. The van der Waals surface area contributed by atoms with Crippen LogP contribution in [0, 0.1) is 11.3 Å². The van der Waals surface area contributed by atoms with Crippen LogP contribution in [0.25, 0.3) is 0 Å². The van der Waals surface area contributed by atoms with Crippen LogP contribution in [0.3, 0.4) is 0 Å². The summed E-state index contributed by atoms with van der Waals surface area (Å²) in [6.45, 7) is 7.78. The second-order valence-electron chi connectivity index (χ2n) is 3.03. The van der Waals surface area contributed by atoms with Gasteiger partial charge < -0.3 is 5.32 Å². The Labute approximate surface area is 93.0 Å². The van der Waals surface area contributed by atoms with Crippen LogP contribution >= 0.6 is 0 Å². The molecule has 1 atom stereocenters. The molecule has 0 aromatic rings. The van der Waals surface area contributed by atoms with Gasteiger partial charge in [0.2, 0.25) is 0 Å². The Morgan fingerprint density at radius 2 is 2.20 bits per heavy atom. The number of hydrogen-bond donors (Lipinski definition) is 1. The van der Waals surface area contributed by atoms with Crippen molar-refractivity contribution in [1.29, 1.82) is 5.26 Å². The minimum atomic E-state index is 0.413. The maximum absolute atomic E-state index is 8.41. The summed E-state index contributed by atoms with van der Waals surface area (Å²) in [5.41, 5.74) is 2.46. The van der Waals surface area contributed by atoms with Gasteiger partial charge in [0, 0.05) is 12.1 Å². The summed E-state index contributed by atoms with van der Waals surface area (Å²) in [5.74, 6) is 0. The highest BCUT2D eigenvalue weighted by atomic mass is 14.9. The summed E-state index contributed by atoms with van der Waals surface area (Å²) < 4.78 is 0. The van der Waals surface area contributed by atoms with Gasteiger partial charge in [-0.1, -0.05) is 26.5 Å². The molecule has 1 unspecified atom stereocenters. The van der Waals surface area contributed by atoms with E-state index < -0.39 is 0 Å². The summed E-state index contributed by atoms with van der Waals surface area (Å²) >= 11 is 0. The van der Waals surface area contributed by atoms with Crippen molar-refractivity contribution in [1.82, 2.24) is 5.32 Å². The van der Waals surface area contributed by atoms with E-state index in [1.807, 2.05) is 39.1 Å². The van der Waals surface area contributed by atoms with Gasteiger partial charge >= 0.3 is 0 Å². The molecule has 15 heavy (non-hydrogen) atoms. The fourth-order valence-corrected chi connectivity index (χ4v) is 1.71. The highest BCUT2D eigenvalue weighted by Crippen LogP contribution is 2.27. The lowest BCUT2D eigenvalue weighted by Gasteiger charge is -2.09. The largest absolute Gasteiger partial charge is 0.313 e. The van der Waals surface area contributed by atoms with Gasteiger partial charge in [-0.05, 0) is 37.1 Å².